The van der Waals surface area contributed by atoms with Gasteiger partial charge in [-0.05, 0) is 36.4 Å². The second kappa shape index (κ2) is 5.16. The van der Waals surface area contributed by atoms with E-state index < -0.39 is 11.8 Å². The summed E-state index contributed by atoms with van der Waals surface area (Å²) in [5.41, 5.74) is 2.43. The highest BCUT2D eigenvalue weighted by Crippen LogP contribution is 2.21. The molecule has 2 aromatic carbocycles. The Morgan fingerprint density at radius 2 is 2.05 bits per heavy atom. The van der Waals surface area contributed by atoms with Crippen molar-refractivity contribution in [3.8, 4) is 5.69 Å². The van der Waals surface area contributed by atoms with Crippen LogP contribution in [-0.2, 0) is 4.79 Å². The number of carboxylic acid groups (broad SMARTS) is 1. The monoisotopic (exact) mass is 283 g/mol. The van der Waals surface area contributed by atoms with E-state index in [0.29, 0.717) is 16.8 Å². The summed E-state index contributed by atoms with van der Waals surface area (Å²) in [5.74, 6) is -1.55. The lowest BCUT2D eigenvalue weighted by Gasteiger charge is -2.06. The summed E-state index contributed by atoms with van der Waals surface area (Å²) in [6.45, 7) is 0. The molecule has 0 bridgehead atoms. The summed E-state index contributed by atoms with van der Waals surface area (Å²) in [5, 5.41) is 16.8. The molecular formula is C15H10FN3O2. The number of halogens is 1. The van der Waals surface area contributed by atoms with Crippen LogP contribution in [0.25, 0.3) is 22.8 Å². The molecule has 0 saturated heterocycles. The summed E-state index contributed by atoms with van der Waals surface area (Å²) in [4.78, 5) is 10.7. The number of fused-ring (bicyclic) bond motifs is 1. The predicted octanol–water partition coefficient (Wildman–Crippen LogP) is 2.66. The van der Waals surface area contributed by atoms with Gasteiger partial charge < -0.3 is 5.11 Å². The molecule has 104 valence electrons. The van der Waals surface area contributed by atoms with Crippen molar-refractivity contribution >= 4 is 23.1 Å². The molecule has 0 unspecified atom stereocenters. The molecule has 0 aliphatic carbocycles. The number of benzene rings is 2. The van der Waals surface area contributed by atoms with E-state index in [1.807, 2.05) is 24.3 Å². The highest BCUT2D eigenvalue weighted by Gasteiger charge is 2.10. The Hall–Kier alpha value is -3.02. The van der Waals surface area contributed by atoms with Gasteiger partial charge in [-0.1, -0.05) is 17.3 Å². The SMILES string of the molecule is O=C(O)/C=C/c1cc(F)ccc1-n1nnc2ccccc21. The molecule has 1 heterocycles. The van der Waals surface area contributed by atoms with Crippen molar-refractivity contribution in [2.24, 2.45) is 0 Å². The van der Waals surface area contributed by atoms with Crippen molar-refractivity contribution in [3.05, 3.63) is 59.9 Å². The smallest absolute Gasteiger partial charge is 0.328 e. The molecule has 0 amide bonds. The summed E-state index contributed by atoms with van der Waals surface area (Å²) in [6.07, 6.45) is 2.29. The van der Waals surface area contributed by atoms with Crippen LogP contribution in [0.2, 0.25) is 0 Å². The second-order valence-electron chi connectivity index (χ2n) is 4.36. The van der Waals surface area contributed by atoms with Gasteiger partial charge in [0.2, 0.25) is 0 Å². The van der Waals surface area contributed by atoms with Crippen LogP contribution in [0.3, 0.4) is 0 Å². The van der Waals surface area contributed by atoms with E-state index in [1.54, 1.807) is 4.68 Å². The third-order valence-electron chi connectivity index (χ3n) is 2.98. The van der Waals surface area contributed by atoms with Gasteiger partial charge in [0.15, 0.2) is 0 Å². The largest absolute Gasteiger partial charge is 0.478 e. The first-order valence-corrected chi connectivity index (χ1v) is 6.16. The van der Waals surface area contributed by atoms with Crippen LogP contribution in [0, 0.1) is 5.82 Å². The minimum absolute atomic E-state index is 0.410. The minimum Gasteiger partial charge on any atom is -0.478 e. The average Bonchev–Trinajstić information content (AvgIpc) is 2.89. The molecule has 0 fully saturated rings. The number of nitrogens with zero attached hydrogens (tertiary/aromatic N) is 3. The number of carboxylic acids is 1. The maximum Gasteiger partial charge on any atom is 0.328 e. The zero-order valence-electron chi connectivity index (χ0n) is 10.8. The minimum atomic E-state index is -1.10. The van der Waals surface area contributed by atoms with E-state index in [-0.39, 0.29) is 0 Å². The predicted molar refractivity (Wildman–Crippen MR) is 75.5 cm³/mol. The van der Waals surface area contributed by atoms with Crippen molar-refractivity contribution in [3.63, 3.8) is 0 Å². The molecule has 5 nitrogen and oxygen atoms in total. The highest BCUT2D eigenvalue weighted by molar-refractivity contribution is 5.86. The third kappa shape index (κ3) is 2.51. The number of hydrogen-bond acceptors (Lipinski definition) is 3. The summed E-state index contributed by atoms with van der Waals surface area (Å²) in [6, 6.07) is 11.4. The lowest BCUT2D eigenvalue weighted by molar-refractivity contribution is -0.131. The van der Waals surface area contributed by atoms with Gasteiger partial charge in [0.25, 0.3) is 0 Å². The fraction of sp³-hybridized carbons (Fsp3) is 0. The van der Waals surface area contributed by atoms with Crippen LogP contribution < -0.4 is 0 Å². The highest BCUT2D eigenvalue weighted by atomic mass is 19.1. The average molecular weight is 283 g/mol. The quantitative estimate of drug-likeness (QED) is 0.750. The Kier molecular flexibility index (Phi) is 3.19. The van der Waals surface area contributed by atoms with Gasteiger partial charge in [-0.15, -0.1) is 5.10 Å². The molecule has 21 heavy (non-hydrogen) atoms. The Bertz CT molecular complexity index is 855. The van der Waals surface area contributed by atoms with Crippen LogP contribution in [0.1, 0.15) is 5.56 Å². The molecule has 0 aliphatic heterocycles. The number of aliphatic carboxylic acids is 1. The third-order valence-corrected chi connectivity index (χ3v) is 2.98. The summed E-state index contributed by atoms with van der Waals surface area (Å²) < 4.78 is 15.0. The van der Waals surface area contributed by atoms with Gasteiger partial charge in [-0.2, -0.15) is 0 Å². The lowest BCUT2D eigenvalue weighted by Crippen LogP contribution is -2.00. The number of rotatable bonds is 3. The molecular weight excluding hydrogens is 273 g/mol. The van der Waals surface area contributed by atoms with Crippen molar-refractivity contribution < 1.29 is 14.3 Å². The molecule has 1 aromatic heterocycles. The van der Waals surface area contributed by atoms with Gasteiger partial charge in [0, 0.05) is 11.6 Å². The maximum atomic E-state index is 13.4. The lowest BCUT2D eigenvalue weighted by atomic mass is 10.1. The fourth-order valence-corrected chi connectivity index (χ4v) is 2.06. The van der Waals surface area contributed by atoms with Gasteiger partial charge in [0.1, 0.15) is 11.3 Å². The standard InChI is InChI=1S/C15H10FN3O2/c16-11-6-7-13(10(9-11)5-8-15(20)21)19-14-4-2-1-3-12(14)17-18-19/h1-9H,(H,20,21)/b8-5+. The van der Waals surface area contributed by atoms with E-state index in [9.17, 15) is 9.18 Å². The van der Waals surface area contributed by atoms with Crippen LogP contribution in [0.4, 0.5) is 4.39 Å². The van der Waals surface area contributed by atoms with E-state index >= 15 is 0 Å². The number of para-hydroxylation sites is 1. The van der Waals surface area contributed by atoms with Gasteiger partial charge in [0.05, 0.1) is 11.2 Å². The van der Waals surface area contributed by atoms with Gasteiger partial charge in [-0.25, -0.2) is 13.9 Å². The number of aromatic nitrogens is 3. The summed E-state index contributed by atoms with van der Waals surface area (Å²) in [7, 11) is 0. The molecule has 3 aromatic rings. The topological polar surface area (TPSA) is 68.0 Å². The molecule has 3 rings (SSSR count). The summed E-state index contributed by atoms with van der Waals surface area (Å²) >= 11 is 0. The van der Waals surface area contributed by atoms with E-state index in [0.717, 1.165) is 11.6 Å². The first-order chi connectivity index (χ1) is 10.1. The molecule has 0 radical (unpaired) electrons. The van der Waals surface area contributed by atoms with E-state index in [1.165, 1.54) is 24.3 Å². The van der Waals surface area contributed by atoms with Crippen LogP contribution in [0.5, 0.6) is 0 Å². The van der Waals surface area contributed by atoms with Crippen molar-refractivity contribution in [1.82, 2.24) is 15.0 Å². The Morgan fingerprint density at radius 3 is 2.86 bits per heavy atom. The van der Waals surface area contributed by atoms with Gasteiger partial charge in [-0.3, -0.25) is 0 Å². The molecule has 0 atom stereocenters. The molecule has 0 aliphatic rings. The van der Waals surface area contributed by atoms with E-state index in [4.69, 9.17) is 5.11 Å². The van der Waals surface area contributed by atoms with Crippen LogP contribution in [0.15, 0.2) is 48.5 Å². The molecule has 1 N–H and O–H groups in total. The number of hydrogen-bond donors (Lipinski definition) is 1. The molecule has 6 heteroatoms. The Balaban J connectivity index is 2.20. The van der Waals surface area contributed by atoms with Gasteiger partial charge >= 0.3 is 5.97 Å². The Morgan fingerprint density at radius 1 is 1.24 bits per heavy atom. The van der Waals surface area contributed by atoms with E-state index in [2.05, 4.69) is 10.3 Å². The van der Waals surface area contributed by atoms with Crippen molar-refractivity contribution in [2.75, 3.05) is 0 Å². The number of carbonyl (C=O) groups is 1. The second-order valence-corrected chi connectivity index (χ2v) is 4.36. The van der Waals surface area contributed by atoms with Crippen LogP contribution >= 0.6 is 0 Å². The molecule has 0 spiro atoms. The van der Waals surface area contributed by atoms with Crippen molar-refractivity contribution in [1.29, 1.82) is 0 Å². The zero-order valence-corrected chi connectivity index (χ0v) is 10.8. The molecule has 0 saturated carbocycles. The Labute approximate surface area is 118 Å². The first-order valence-electron chi connectivity index (χ1n) is 6.16. The first kappa shape index (κ1) is 13.0. The zero-order chi connectivity index (χ0) is 14.8. The maximum absolute atomic E-state index is 13.4. The fourth-order valence-electron chi connectivity index (χ4n) is 2.06. The van der Waals surface area contributed by atoms with Crippen LogP contribution in [-0.4, -0.2) is 26.1 Å². The normalized spacial score (nSPS) is 11.3. The van der Waals surface area contributed by atoms with Crippen molar-refractivity contribution in [2.45, 2.75) is 0 Å².